The van der Waals surface area contributed by atoms with Crippen LogP contribution >= 0.6 is 11.3 Å². The van der Waals surface area contributed by atoms with Crippen molar-refractivity contribution in [2.75, 3.05) is 13.7 Å². The second kappa shape index (κ2) is 4.57. The topological polar surface area (TPSA) is 51.5 Å². The zero-order valence-corrected chi connectivity index (χ0v) is 11.9. The van der Waals surface area contributed by atoms with Gasteiger partial charge in [0.25, 0.3) is 0 Å². The Hall–Kier alpha value is -1.92. The predicted octanol–water partition coefficient (Wildman–Crippen LogP) is 2.03. The van der Waals surface area contributed by atoms with Crippen LogP contribution in [0.5, 0.6) is 5.75 Å². The van der Waals surface area contributed by atoms with E-state index in [0.29, 0.717) is 0 Å². The Balaban J connectivity index is 1.79. The van der Waals surface area contributed by atoms with E-state index < -0.39 is 0 Å². The summed E-state index contributed by atoms with van der Waals surface area (Å²) in [6.45, 7) is 0.954. The summed E-state index contributed by atoms with van der Waals surface area (Å²) in [4.78, 5) is 6.59. The summed E-state index contributed by atoms with van der Waals surface area (Å²) in [7, 11) is 1.69. The Morgan fingerprint density at radius 2 is 2.20 bits per heavy atom. The second-order valence-electron chi connectivity index (χ2n) is 4.78. The largest absolute Gasteiger partial charge is 0.497 e. The van der Waals surface area contributed by atoms with Crippen molar-refractivity contribution in [3.63, 3.8) is 0 Å². The first kappa shape index (κ1) is 11.9. The van der Waals surface area contributed by atoms with E-state index >= 15 is 0 Å². The van der Waals surface area contributed by atoms with Crippen LogP contribution in [0.4, 0.5) is 0 Å². The summed E-state index contributed by atoms with van der Waals surface area (Å²) in [6, 6.07) is 8.45. The van der Waals surface area contributed by atoms with Crippen molar-refractivity contribution in [1.82, 2.24) is 19.9 Å². The first-order valence-electron chi connectivity index (χ1n) is 6.55. The highest BCUT2D eigenvalue weighted by atomic mass is 32.1. The van der Waals surface area contributed by atoms with Gasteiger partial charge >= 0.3 is 0 Å². The highest BCUT2D eigenvalue weighted by Crippen LogP contribution is 2.35. The number of nitrogens with one attached hydrogen (secondary N) is 1. The van der Waals surface area contributed by atoms with Gasteiger partial charge in [0.1, 0.15) is 12.1 Å². The van der Waals surface area contributed by atoms with Gasteiger partial charge in [-0.1, -0.05) is 23.5 Å². The molecule has 3 aromatic rings. The van der Waals surface area contributed by atoms with Crippen LogP contribution in [0.3, 0.4) is 0 Å². The molecule has 0 amide bonds. The van der Waals surface area contributed by atoms with Crippen molar-refractivity contribution in [3.05, 3.63) is 46.7 Å². The van der Waals surface area contributed by atoms with Gasteiger partial charge in [0.2, 0.25) is 4.96 Å². The molecule has 102 valence electrons. The lowest BCUT2D eigenvalue weighted by atomic mass is 10.00. The van der Waals surface area contributed by atoms with E-state index in [2.05, 4.69) is 27.5 Å². The number of benzene rings is 1. The molecule has 0 saturated carbocycles. The molecule has 0 radical (unpaired) electrons. The summed E-state index contributed by atoms with van der Waals surface area (Å²) in [5, 5.41) is 7.90. The van der Waals surface area contributed by atoms with Crippen LogP contribution in [0.2, 0.25) is 0 Å². The first-order valence-corrected chi connectivity index (χ1v) is 7.37. The summed E-state index contributed by atoms with van der Waals surface area (Å²) >= 11 is 1.71. The van der Waals surface area contributed by atoms with Crippen LogP contribution in [0.1, 0.15) is 22.2 Å². The summed E-state index contributed by atoms with van der Waals surface area (Å²) in [5.74, 6) is 0.882. The molecule has 3 heterocycles. The Morgan fingerprint density at radius 3 is 3.00 bits per heavy atom. The van der Waals surface area contributed by atoms with E-state index in [1.54, 1.807) is 24.8 Å². The third kappa shape index (κ3) is 1.72. The van der Waals surface area contributed by atoms with Gasteiger partial charge in [0.05, 0.1) is 23.7 Å². The van der Waals surface area contributed by atoms with Crippen LogP contribution in [-0.2, 0) is 6.42 Å². The highest BCUT2D eigenvalue weighted by Gasteiger charge is 2.26. The quantitative estimate of drug-likeness (QED) is 0.783. The first-order chi connectivity index (χ1) is 9.86. The average molecular weight is 286 g/mol. The van der Waals surface area contributed by atoms with Crippen LogP contribution in [-0.4, -0.2) is 28.3 Å². The highest BCUT2D eigenvalue weighted by molar-refractivity contribution is 7.17. The fraction of sp³-hybridized carbons (Fsp3) is 0.286. The van der Waals surface area contributed by atoms with Gasteiger partial charge in [0.15, 0.2) is 0 Å². The number of aromatic nitrogens is 3. The molecule has 1 atom stereocenters. The molecule has 5 nitrogen and oxygen atoms in total. The molecule has 1 aromatic carbocycles. The zero-order valence-electron chi connectivity index (χ0n) is 11.0. The van der Waals surface area contributed by atoms with Gasteiger partial charge in [-0.25, -0.2) is 9.50 Å². The third-order valence-electron chi connectivity index (χ3n) is 3.68. The molecular weight excluding hydrogens is 272 g/mol. The second-order valence-corrected chi connectivity index (χ2v) is 5.79. The number of fused-ring (bicyclic) bond motifs is 3. The Morgan fingerprint density at radius 1 is 1.35 bits per heavy atom. The van der Waals surface area contributed by atoms with Crippen molar-refractivity contribution in [2.45, 2.75) is 12.5 Å². The molecule has 1 aliphatic rings. The molecular formula is C14H14N4OS. The molecule has 0 fully saturated rings. The van der Waals surface area contributed by atoms with Crippen LogP contribution < -0.4 is 10.1 Å². The van der Waals surface area contributed by atoms with Crippen molar-refractivity contribution in [2.24, 2.45) is 0 Å². The Kier molecular flexibility index (Phi) is 2.71. The van der Waals surface area contributed by atoms with Gasteiger partial charge < -0.3 is 10.1 Å². The lowest BCUT2D eigenvalue weighted by Gasteiger charge is -2.24. The molecule has 20 heavy (non-hydrogen) atoms. The minimum absolute atomic E-state index is 0.221. The van der Waals surface area contributed by atoms with Gasteiger partial charge in [-0.2, -0.15) is 5.10 Å². The molecule has 2 aromatic heterocycles. The van der Waals surface area contributed by atoms with E-state index in [9.17, 15) is 0 Å². The van der Waals surface area contributed by atoms with Crippen molar-refractivity contribution >= 4 is 16.3 Å². The van der Waals surface area contributed by atoms with Crippen molar-refractivity contribution in [1.29, 1.82) is 0 Å². The SMILES string of the molecule is COc1ccc(C2NCCc3c2sc2ncnn32)cc1. The standard InChI is InChI=1S/C14H14N4OS/c1-19-10-4-2-9(3-5-10)12-13-11(6-7-15-12)18-14(20-13)16-8-17-18/h2-5,8,12,15H,6-7H2,1H3. The number of rotatable bonds is 2. The molecule has 1 aliphatic heterocycles. The maximum absolute atomic E-state index is 5.22. The molecule has 0 aliphatic carbocycles. The smallest absolute Gasteiger partial charge is 0.212 e. The number of ether oxygens (including phenoxy) is 1. The molecule has 4 rings (SSSR count). The minimum atomic E-state index is 0.221. The Bertz CT molecular complexity index is 746. The third-order valence-corrected chi connectivity index (χ3v) is 4.83. The molecule has 6 heteroatoms. The zero-order chi connectivity index (χ0) is 13.5. The van der Waals surface area contributed by atoms with Crippen LogP contribution in [0.25, 0.3) is 4.96 Å². The maximum atomic E-state index is 5.22. The van der Waals surface area contributed by atoms with Crippen LogP contribution in [0, 0.1) is 0 Å². The summed E-state index contributed by atoms with van der Waals surface area (Å²) < 4.78 is 7.19. The number of thiazole rings is 1. The Labute approximate surface area is 120 Å². The number of nitrogens with zero attached hydrogens (tertiary/aromatic N) is 3. The molecule has 1 N–H and O–H groups in total. The monoisotopic (exact) mass is 286 g/mol. The molecule has 0 saturated heterocycles. The van der Waals surface area contributed by atoms with Gasteiger partial charge in [0, 0.05) is 13.0 Å². The van der Waals surface area contributed by atoms with Gasteiger partial charge in [-0.05, 0) is 17.7 Å². The lowest BCUT2D eigenvalue weighted by molar-refractivity contribution is 0.414. The van der Waals surface area contributed by atoms with E-state index in [1.165, 1.54) is 16.1 Å². The average Bonchev–Trinajstić information content (AvgIpc) is 3.08. The van der Waals surface area contributed by atoms with E-state index in [4.69, 9.17) is 4.74 Å². The maximum Gasteiger partial charge on any atom is 0.212 e. The summed E-state index contributed by atoms with van der Waals surface area (Å²) in [5.41, 5.74) is 2.53. The van der Waals surface area contributed by atoms with E-state index in [1.807, 2.05) is 16.6 Å². The van der Waals surface area contributed by atoms with Crippen LogP contribution in [0.15, 0.2) is 30.6 Å². The van der Waals surface area contributed by atoms with Gasteiger partial charge in [-0.3, -0.25) is 0 Å². The van der Waals surface area contributed by atoms with Gasteiger partial charge in [-0.15, -0.1) is 0 Å². The molecule has 1 unspecified atom stereocenters. The minimum Gasteiger partial charge on any atom is -0.497 e. The normalized spacial score (nSPS) is 18.1. The van der Waals surface area contributed by atoms with E-state index in [0.717, 1.165) is 23.7 Å². The number of methoxy groups -OCH3 is 1. The fourth-order valence-electron chi connectivity index (χ4n) is 2.70. The predicted molar refractivity (Wildman–Crippen MR) is 77.4 cm³/mol. The lowest BCUT2D eigenvalue weighted by Crippen LogP contribution is -2.30. The number of hydrogen-bond acceptors (Lipinski definition) is 5. The van der Waals surface area contributed by atoms with Crippen molar-refractivity contribution in [3.8, 4) is 5.75 Å². The molecule has 0 spiro atoms. The number of hydrogen-bond donors (Lipinski definition) is 1. The van der Waals surface area contributed by atoms with E-state index in [-0.39, 0.29) is 6.04 Å². The fourth-order valence-corrected chi connectivity index (χ4v) is 3.88. The summed E-state index contributed by atoms with van der Waals surface area (Å²) in [6.07, 6.45) is 2.61. The van der Waals surface area contributed by atoms with Crippen molar-refractivity contribution < 1.29 is 4.74 Å². The molecule has 0 bridgehead atoms.